The normalized spacial score (nSPS) is 14.4. The first-order valence-electron chi connectivity index (χ1n) is 11.6. The van der Waals surface area contributed by atoms with Crippen molar-refractivity contribution in [1.29, 1.82) is 0 Å². The van der Waals surface area contributed by atoms with Crippen LogP contribution in [0, 0.1) is 11.6 Å². The standard InChI is InChI=1S/C25H21F5N6O2/c1-12(14-8-15(26)19(16(27)9-14)23-34-17(10-36(23)2)25(28,29)30)38-18-6-7-31-22(35-18)20-21(13-4-5-13)32-11-33-24(20)37-3/h6-13H,4-5H2,1-3H3/t12-/m1/s1. The van der Waals surface area contributed by atoms with Crippen LogP contribution in [0.1, 0.15) is 48.7 Å². The molecule has 0 N–H and O–H groups in total. The SMILES string of the molecule is COc1ncnc(C2CC2)c1-c1nccc(O[C@H](C)c2cc(F)c(-c3nc(C(F)(F)F)cn3C)c(F)c2)n1. The Hall–Kier alpha value is -4.16. The second-order valence-corrected chi connectivity index (χ2v) is 8.81. The summed E-state index contributed by atoms with van der Waals surface area (Å²) in [5.41, 5.74) is -0.505. The third-order valence-electron chi connectivity index (χ3n) is 6.07. The third-order valence-corrected chi connectivity index (χ3v) is 6.07. The van der Waals surface area contributed by atoms with Gasteiger partial charge in [0, 0.05) is 31.4 Å². The van der Waals surface area contributed by atoms with Crippen LogP contribution in [0.4, 0.5) is 22.0 Å². The lowest BCUT2D eigenvalue weighted by atomic mass is 10.1. The van der Waals surface area contributed by atoms with Crippen molar-refractivity contribution in [3.63, 3.8) is 0 Å². The molecule has 3 heterocycles. The number of ether oxygens (including phenoxy) is 2. The summed E-state index contributed by atoms with van der Waals surface area (Å²) < 4.78 is 81.2. The molecule has 0 saturated heterocycles. The monoisotopic (exact) mass is 532 g/mol. The van der Waals surface area contributed by atoms with Crippen LogP contribution in [-0.2, 0) is 13.2 Å². The van der Waals surface area contributed by atoms with Gasteiger partial charge in [-0.05, 0) is 37.5 Å². The molecule has 8 nitrogen and oxygen atoms in total. The molecule has 1 aliphatic rings. The first kappa shape index (κ1) is 25.5. The summed E-state index contributed by atoms with van der Waals surface area (Å²) in [5, 5.41) is 0. The van der Waals surface area contributed by atoms with Crippen LogP contribution in [0.15, 0.2) is 36.9 Å². The van der Waals surface area contributed by atoms with Gasteiger partial charge in [-0.3, -0.25) is 0 Å². The average Bonchev–Trinajstić information content (AvgIpc) is 3.64. The maximum absolute atomic E-state index is 15.0. The molecular formula is C25H21F5N6O2. The highest BCUT2D eigenvalue weighted by Gasteiger charge is 2.35. The van der Waals surface area contributed by atoms with E-state index in [1.807, 2.05) is 0 Å². The first-order chi connectivity index (χ1) is 18.1. The molecule has 198 valence electrons. The lowest BCUT2D eigenvalue weighted by Gasteiger charge is -2.17. The van der Waals surface area contributed by atoms with Crippen molar-refractivity contribution in [2.24, 2.45) is 7.05 Å². The van der Waals surface area contributed by atoms with Crippen molar-refractivity contribution >= 4 is 0 Å². The molecule has 1 fully saturated rings. The number of halogens is 5. The fraction of sp³-hybridized carbons (Fsp3) is 0.320. The zero-order valence-electron chi connectivity index (χ0n) is 20.4. The molecule has 0 spiro atoms. The fourth-order valence-electron chi connectivity index (χ4n) is 4.07. The van der Waals surface area contributed by atoms with E-state index in [-0.39, 0.29) is 23.2 Å². The third kappa shape index (κ3) is 4.87. The molecule has 1 saturated carbocycles. The van der Waals surface area contributed by atoms with Crippen molar-refractivity contribution < 1.29 is 31.4 Å². The van der Waals surface area contributed by atoms with Crippen LogP contribution in [0.3, 0.4) is 0 Å². The molecule has 0 aliphatic heterocycles. The number of benzene rings is 1. The van der Waals surface area contributed by atoms with Crippen LogP contribution in [0.5, 0.6) is 11.8 Å². The van der Waals surface area contributed by atoms with Crippen molar-refractivity contribution in [3.05, 3.63) is 65.5 Å². The molecule has 1 aromatic carbocycles. The van der Waals surface area contributed by atoms with Gasteiger partial charge in [0.1, 0.15) is 35.5 Å². The van der Waals surface area contributed by atoms with E-state index in [9.17, 15) is 22.0 Å². The van der Waals surface area contributed by atoms with Crippen molar-refractivity contribution in [1.82, 2.24) is 29.5 Å². The fourth-order valence-corrected chi connectivity index (χ4v) is 4.07. The van der Waals surface area contributed by atoms with Gasteiger partial charge < -0.3 is 14.0 Å². The van der Waals surface area contributed by atoms with Gasteiger partial charge in [0.25, 0.3) is 0 Å². The summed E-state index contributed by atoms with van der Waals surface area (Å²) in [4.78, 5) is 20.6. The van der Waals surface area contributed by atoms with E-state index in [0.717, 1.165) is 35.2 Å². The predicted octanol–water partition coefficient (Wildman–Crippen LogP) is 5.66. The van der Waals surface area contributed by atoms with Crippen LogP contribution >= 0.6 is 0 Å². The van der Waals surface area contributed by atoms with Crippen LogP contribution in [-0.4, -0.2) is 36.6 Å². The summed E-state index contributed by atoms with van der Waals surface area (Å²) >= 11 is 0. The zero-order chi connectivity index (χ0) is 27.2. The Labute approximate surface area is 213 Å². The van der Waals surface area contributed by atoms with Crippen LogP contribution in [0.25, 0.3) is 22.8 Å². The molecule has 3 aromatic heterocycles. The minimum absolute atomic E-state index is 0.105. The Morgan fingerprint density at radius 3 is 2.34 bits per heavy atom. The van der Waals surface area contributed by atoms with E-state index in [0.29, 0.717) is 17.6 Å². The van der Waals surface area contributed by atoms with Crippen molar-refractivity contribution in [2.75, 3.05) is 7.11 Å². The minimum atomic E-state index is -4.75. The van der Waals surface area contributed by atoms with E-state index in [1.54, 1.807) is 6.92 Å². The second kappa shape index (κ2) is 9.62. The van der Waals surface area contributed by atoms with E-state index < -0.39 is 41.0 Å². The summed E-state index contributed by atoms with van der Waals surface area (Å²) in [7, 11) is 2.71. The molecule has 0 amide bonds. The minimum Gasteiger partial charge on any atom is -0.480 e. The Morgan fingerprint density at radius 2 is 1.74 bits per heavy atom. The van der Waals surface area contributed by atoms with E-state index in [4.69, 9.17) is 9.47 Å². The topological polar surface area (TPSA) is 87.8 Å². The number of imidazole rings is 1. The summed E-state index contributed by atoms with van der Waals surface area (Å²) in [5.74, 6) is -1.68. The molecular weight excluding hydrogens is 511 g/mol. The van der Waals surface area contributed by atoms with E-state index in [2.05, 4.69) is 24.9 Å². The molecule has 38 heavy (non-hydrogen) atoms. The van der Waals surface area contributed by atoms with Gasteiger partial charge in [-0.25, -0.2) is 28.7 Å². The van der Waals surface area contributed by atoms with E-state index >= 15 is 0 Å². The quantitative estimate of drug-likeness (QED) is 0.284. The maximum atomic E-state index is 15.0. The van der Waals surface area contributed by atoms with Gasteiger partial charge in [-0.1, -0.05) is 0 Å². The largest absolute Gasteiger partial charge is 0.480 e. The zero-order valence-corrected chi connectivity index (χ0v) is 20.4. The first-order valence-corrected chi connectivity index (χ1v) is 11.6. The van der Waals surface area contributed by atoms with Gasteiger partial charge in [0.05, 0.1) is 18.4 Å². The molecule has 5 rings (SSSR count). The molecule has 1 atom stereocenters. The summed E-state index contributed by atoms with van der Waals surface area (Å²) in [6.07, 6.45) is -0.123. The Kier molecular flexibility index (Phi) is 6.45. The Bertz CT molecular complexity index is 1480. The van der Waals surface area contributed by atoms with Crippen molar-refractivity contribution in [3.8, 4) is 34.5 Å². The Morgan fingerprint density at radius 1 is 1.03 bits per heavy atom. The smallest absolute Gasteiger partial charge is 0.434 e. The van der Waals surface area contributed by atoms with Gasteiger partial charge in [-0.15, -0.1) is 0 Å². The number of rotatable bonds is 7. The lowest BCUT2D eigenvalue weighted by Crippen LogP contribution is -2.08. The summed E-state index contributed by atoms with van der Waals surface area (Å²) in [6, 6.07) is 3.47. The number of hydrogen-bond acceptors (Lipinski definition) is 7. The molecule has 0 bridgehead atoms. The van der Waals surface area contributed by atoms with E-state index in [1.165, 1.54) is 32.7 Å². The Balaban J connectivity index is 1.43. The lowest BCUT2D eigenvalue weighted by molar-refractivity contribution is -0.140. The van der Waals surface area contributed by atoms with Gasteiger partial charge in [-0.2, -0.15) is 18.2 Å². The number of aryl methyl sites for hydroxylation is 1. The molecule has 13 heteroatoms. The number of nitrogens with zero attached hydrogens (tertiary/aromatic N) is 6. The second-order valence-electron chi connectivity index (χ2n) is 8.81. The maximum Gasteiger partial charge on any atom is 0.434 e. The molecule has 1 aliphatic carbocycles. The molecule has 4 aromatic rings. The summed E-state index contributed by atoms with van der Waals surface area (Å²) in [6.45, 7) is 1.56. The van der Waals surface area contributed by atoms with Gasteiger partial charge >= 0.3 is 6.18 Å². The molecule has 0 unspecified atom stereocenters. The number of hydrogen-bond donors (Lipinski definition) is 0. The molecule has 0 radical (unpaired) electrons. The number of methoxy groups -OCH3 is 1. The van der Waals surface area contributed by atoms with Crippen molar-refractivity contribution in [2.45, 2.75) is 38.0 Å². The van der Waals surface area contributed by atoms with Gasteiger partial charge in [0.2, 0.25) is 11.8 Å². The van der Waals surface area contributed by atoms with Crippen LogP contribution < -0.4 is 9.47 Å². The highest BCUT2D eigenvalue weighted by atomic mass is 19.4. The highest BCUT2D eigenvalue weighted by molar-refractivity contribution is 5.66. The predicted molar refractivity (Wildman–Crippen MR) is 124 cm³/mol. The number of alkyl halides is 3. The number of aromatic nitrogens is 6. The average molecular weight is 532 g/mol. The van der Waals surface area contributed by atoms with Crippen LogP contribution in [0.2, 0.25) is 0 Å². The highest BCUT2D eigenvalue weighted by Crippen LogP contribution is 2.45. The van der Waals surface area contributed by atoms with Gasteiger partial charge in [0.15, 0.2) is 11.5 Å².